The number of ether oxygens (including phenoxy) is 1. The molecule has 3 rings (SSSR count). The summed E-state index contributed by atoms with van der Waals surface area (Å²) in [4.78, 5) is 18.9. The number of benzene rings is 1. The number of aromatic nitrogens is 1. The highest BCUT2D eigenvalue weighted by atomic mass is 35.5. The molecule has 27 heavy (non-hydrogen) atoms. The molecule has 0 unspecified atom stereocenters. The van der Waals surface area contributed by atoms with E-state index in [0.717, 1.165) is 25.2 Å². The minimum Gasteiger partial charge on any atom is -0.378 e. The van der Waals surface area contributed by atoms with Crippen molar-refractivity contribution in [1.82, 2.24) is 4.98 Å². The molecule has 2 N–H and O–H groups in total. The van der Waals surface area contributed by atoms with Crippen LogP contribution in [0.25, 0.3) is 0 Å². The fraction of sp³-hybridized carbons (Fsp3) is 0.294. The number of hydrogen-bond donors (Lipinski definition) is 2. The highest BCUT2D eigenvalue weighted by Crippen LogP contribution is 2.24. The van der Waals surface area contributed by atoms with Gasteiger partial charge in [-0.25, -0.2) is 13.4 Å². The molecule has 1 amide bonds. The van der Waals surface area contributed by atoms with Gasteiger partial charge in [-0.05, 0) is 30.3 Å². The van der Waals surface area contributed by atoms with Crippen molar-refractivity contribution in [2.75, 3.05) is 47.5 Å². The first-order valence-corrected chi connectivity index (χ1v) is 10.5. The molecule has 1 aromatic carbocycles. The summed E-state index contributed by atoms with van der Waals surface area (Å²) in [6, 6.07) is 7.96. The smallest absolute Gasteiger partial charge is 0.255 e. The zero-order valence-corrected chi connectivity index (χ0v) is 16.2. The van der Waals surface area contributed by atoms with Crippen molar-refractivity contribution in [3.05, 3.63) is 47.1 Å². The molecule has 2 aromatic rings. The van der Waals surface area contributed by atoms with Gasteiger partial charge in [0.05, 0.1) is 42.1 Å². The molecule has 1 aliphatic rings. The van der Waals surface area contributed by atoms with Crippen LogP contribution in [0.2, 0.25) is 5.02 Å². The molecule has 1 aromatic heterocycles. The Morgan fingerprint density at radius 3 is 2.59 bits per heavy atom. The number of rotatable bonds is 5. The van der Waals surface area contributed by atoms with Crippen molar-refractivity contribution < 1.29 is 17.9 Å². The second kappa shape index (κ2) is 8.12. The molecule has 0 atom stereocenters. The topological polar surface area (TPSA) is 101 Å². The molecule has 1 fully saturated rings. The molecule has 10 heteroatoms. The predicted octanol–water partition coefficient (Wildman–Crippen LogP) is 2.20. The SMILES string of the molecule is CS(=O)(=O)Nc1cc(C(=O)Nc2ccc(N3CCOCC3)nc2)ccc1Cl. The van der Waals surface area contributed by atoms with Gasteiger partial charge in [0.15, 0.2) is 0 Å². The second-order valence-corrected chi connectivity index (χ2v) is 8.18. The summed E-state index contributed by atoms with van der Waals surface area (Å²) in [5, 5.41) is 2.94. The number of hydrogen-bond acceptors (Lipinski definition) is 6. The first-order chi connectivity index (χ1) is 12.8. The Morgan fingerprint density at radius 1 is 1.22 bits per heavy atom. The maximum Gasteiger partial charge on any atom is 0.255 e. The lowest BCUT2D eigenvalue weighted by molar-refractivity contribution is 0.102. The van der Waals surface area contributed by atoms with E-state index in [1.807, 2.05) is 6.07 Å². The van der Waals surface area contributed by atoms with E-state index in [1.165, 1.54) is 18.2 Å². The molecule has 2 heterocycles. The molecule has 0 bridgehead atoms. The first-order valence-electron chi connectivity index (χ1n) is 8.19. The molecule has 0 saturated carbocycles. The van der Waals surface area contributed by atoms with Crippen molar-refractivity contribution in [1.29, 1.82) is 0 Å². The summed E-state index contributed by atoms with van der Waals surface area (Å²) < 4.78 is 30.4. The summed E-state index contributed by atoms with van der Waals surface area (Å²) in [7, 11) is -3.51. The monoisotopic (exact) mass is 410 g/mol. The van der Waals surface area contributed by atoms with Crippen LogP contribution >= 0.6 is 11.6 Å². The summed E-state index contributed by atoms with van der Waals surface area (Å²) in [6.07, 6.45) is 2.59. The Bertz CT molecular complexity index is 928. The number of nitrogens with one attached hydrogen (secondary N) is 2. The number of morpholine rings is 1. The van der Waals surface area contributed by atoms with E-state index in [2.05, 4.69) is 19.9 Å². The Morgan fingerprint density at radius 2 is 1.96 bits per heavy atom. The van der Waals surface area contributed by atoms with Crippen LogP contribution in [-0.2, 0) is 14.8 Å². The number of halogens is 1. The molecular formula is C17H19ClN4O4S. The van der Waals surface area contributed by atoms with E-state index >= 15 is 0 Å². The van der Waals surface area contributed by atoms with E-state index < -0.39 is 15.9 Å². The minimum absolute atomic E-state index is 0.146. The van der Waals surface area contributed by atoms with Gasteiger partial charge < -0.3 is 15.0 Å². The normalized spacial score (nSPS) is 14.7. The van der Waals surface area contributed by atoms with Crippen LogP contribution < -0.4 is 14.9 Å². The van der Waals surface area contributed by atoms with Gasteiger partial charge in [0.1, 0.15) is 5.82 Å². The van der Waals surface area contributed by atoms with Crippen LogP contribution in [0.15, 0.2) is 36.5 Å². The van der Waals surface area contributed by atoms with E-state index in [1.54, 1.807) is 12.3 Å². The largest absolute Gasteiger partial charge is 0.378 e. The molecule has 0 aliphatic carbocycles. The molecule has 8 nitrogen and oxygen atoms in total. The van der Waals surface area contributed by atoms with E-state index in [4.69, 9.17) is 16.3 Å². The quantitative estimate of drug-likeness (QED) is 0.783. The lowest BCUT2D eigenvalue weighted by Gasteiger charge is -2.27. The van der Waals surface area contributed by atoms with Crippen LogP contribution in [0, 0.1) is 0 Å². The lowest BCUT2D eigenvalue weighted by atomic mass is 10.2. The van der Waals surface area contributed by atoms with Crippen molar-refractivity contribution >= 4 is 44.7 Å². The van der Waals surface area contributed by atoms with E-state index in [0.29, 0.717) is 18.9 Å². The minimum atomic E-state index is -3.51. The third kappa shape index (κ3) is 5.31. The molecule has 144 valence electrons. The van der Waals surface area contributed by atoms with Crippen LogP contribution in [-0.4, -0.2) is 51.9 Å². The van der Waals surface area contributed by atoms with E-state index in [-0.39, 0.29) is 16.3 Å². The van der Waals surface area contributed by atoms with Gasteiger partial charge in [-0.3, -0.25) is 9.52 Å². The van der Waals surface area contributed by atoms with Crippen LogP contribution in [0.5, 0.6) is 0 Å². The van der Waals surface area contributed by atoms with Crippen LogP contribution in [0.3, 0.4) is 0 Å². The molecule has 0 radical (unpaired) electrons. The molecule has 1 saturated heterocycles. The third-order valence-electron chi connectivity index (χ3n) is 3.86. The average molecular weight is 411 g/mol. The van der Waals surface area contributed by atoms with Crippen LogP contribution in [0.4, 0.5) is 17.2 Å². The number of pyridine rings is 1. The summed E-state index contributed by atoms with van der Waals surface area (Å²) >= 11 is 5.98. The first kappa shape index (κ1) is 19.4. The predicted molar refractivity (Wildman–Crippen MR) is 105 cm³/mol. The van der Waals surface area contributed by atoms with Crippen molar-refractivity contribution in [3.63, 3.8) is 0 Å². The van der Waals surface area contributed by atoms with Gasteiger partial charge in [-0.1, -0.05) is 11.6 Å². The Kier molecular flexibility index (Phi) is 5.83. The molecule has 1 aliphatic heterocycles. The summed E-state index contributed by atoms with van der Waals surface area (Å²) in [5.41, 5.74) is 0.944. The average Bonchev–Trinajstić information content (AvgIpc) is 2.64. The third-order valence-corrected chi connectivity index (χ3v) is 4.79. The van der Waals surface area contributed by atoms with Gasteiger partial charge >= 0.3 is 0 Å². The lowest BCUT2D eigenvalue weighted by Crippen LogP contribution is -2.36. The van der Waals surface area contributed by atoms with Gasteiger partial charge in [-0.2, -0.15) is 0 Å². The maximum atomic E-state index is 12.4. The van der Waals surface area contributed by atoms with E-state index in [9.17, 15) is 13.2 Å². The highest BCUT2D eigenvalue weighted by molar-refractivity contribution is 7.92. The van der Waals surface area contributed by atoms with Gasteiger partial charge in [0, 0.05) is 18.7 Å². The number of anilines is 3. The zero-order chi connectivity index (χ0) is 19.4. The molecule has 0 spiro atoms. The number of carbonyl (C=O) groups excluding carboxylic acids is 1. The second-order valence-electron chi connectivity index (χ2n) is 6.03. The van der Waals surface area contributed by atoms with Crippen LogP contribution in [0.1, 0.15) is 10.4 Å². The summed E-state index contributed by atoms with van der Waals surface area (Å²) in [5.74, 6) is 0.423. The van der Waals surface area contributed by atoms with Crippen molar-refractivity contribution in [2.45, 2.75) is 0 Å². The molecular weight excluding hydrogens is 392 g/mol. The van der Waals surface area contributed by atoms with Gasteiger partial charge in [-0.15, -0.1) is 0 Å². The van der Waals surface area contributed by atoms with Crippen molar-refractivity contribution in [3.8, 4) is 0 Å². The van der Waals surface area contributed by atoms with Gasteiger partial charge in [0.2, 0.25) is 10.0 Å². The standard InChI is InChI=1S/C17H19ClN4O4S/c1-27(24,25)21-15-10-12(2-4-14(15)18)17(23)20-13-3-5-16(19-11-13)22-6-8-26-9-7-22/h2-5,10-11,21H,6-9H2,1H3,(H,20,23). The fourth-order valence-corrected chi connectivity index (χ4v) is 3.38. The number of amides is 1. The number of nitrogens with zero attached hydrogens (tertiary/aromatic N) is 2. The Labute approximate surface area is 162 Å². The van der Waals surface area contributed by atoms with Gasteiger partial charge in [0.25, 0.3) is 5.91 Å². The number of carbonyl (C=O) groups is 1. The maximum absolute atomic E-state index is 12.4. The fourth-order valence-electron chi connectivity index (χ4n) is 2.59. The Hall–Kier alpha value is -2.36. The summed E-state index contributed by atoms with van der Waals surface area (Å²) in [6.45, 7) is 2.89. The number of sulfonamides is 1. The Balaban J connectivity index is 1.70. The highest BCUT2D eigenvalue weighted by Gasteiger charge is 2.14. The van der Waals surface area contributed by atoms with Crippen molar-refractivity contribution in [2.24, 2.45) is 0 Å². The zero-order valence-electron chi connectivity index (χ0n) is 14.6.